The van der Waals surface area contributed by atoms with Gasteiger partial charge < -0.3 is 15.4 Å². The van der Waals surface area contributed by atoms with Crippen LogP contribution in [0.15, 0.2) is 36.4 Å². The van der Waals surface area contributed by atoms with E-state index in [1.54, 1.807) is 30.3 Å². The molecule has 0 unspecified atom stereocenters. The molecular formula is C31H42Cl2N2O4. The minimum absolute atomic E-state index is 0.0558. The molecule has 2 aromatic rings. The average Bonchev–Trinajstić information content (AvgIpc) is 2.91. The molecule has 0 fully saturated rings. The summed E-state index contributed by atoms with van der Waals surface area (Å²) in [6, 6.07) is 9.97. The van der Waals surface area contributed by atoms with Gasteiger partial charge >= 0.3 is 5.97 Å². The molecule has 6 nitrogen and oxygen atoms in total. The Hall–Kier alpha value is -2.57. The highest BCUT2D eigenvalue weighted by Gasteiger charge is 2.22. The molecule has 2 aromatic carbocycles. The van der Waals surface area contributed by atoms with Crippen molar-refractivity contribution in [1.82, 2.24) is 0 Å². The number of amides is 2. The molecule has 0 atom stereocenters. The number of unbranched alkanes of at least 4 members (excludes halogenated alkanes) is 12. The minimum Gasteiger partial charge on any atom is -0.423 e. The summed E-state index contributed by atoms with van der Waals surface area (Å²) >= 11 is 12.9. The van der Waals surface area contributed by atoms with Gasteiger partial charge in [-0.15, -0.1) is 0 Å². The molecule has 2 rings (SSSR count). The van der Waals surface area contributed by atoms with Crippen molar-refractivity contribution < 1.29 is 19.1 Å². The number of benzene rings is 2. The largest absolute Gasteiger partial charge is 0.423 e. The van der Waals surface area contributed by atoms with Crippen molar-refractivity contribution in [1.29, 1.82) is 0 Å². The number of nitrogens with one attached hydrogen (secondary N) is 2. The topological polar surface area (TPSA) is 84.5 Å². The molecule has 0 saturated carbocycles. The lowest BCUT2D eigenvalue weighted by Gasteiger charge is -2.17. The third-order valence-corrected chi connectivity index (χ3v) is 7.13. The molecule has 2 N–H and O–H groups in total. The van der Waals surface area contributed by atoms with Crippen molar-refractivity contribution in [2.75, 3.05) is 10.6 Å². The van der Waals surface area contributed by atoms with Gasteiger partial charge in [0.25, 0.3) is 5.91 Å². The van der Waals surface area contributed by atoms with E-state index in [1.165, 1.54) is 77.2 Å². The summed E-state index contributed by atoms with van der Waals surface area (Å²) in [4.78, 5) is 37.0. The van der Waals surface area contributed by atoms with Crippen LogP contribution in [0.5, 0.6) is 5.75 Å². The predicted octanol–water partition coefficient (Wildman–Crippen LogP) is 9.59. The van der Waals surface area contributed by atoms with Gasteiger partial charge in [-0.25, -0.2) is 0 Å². The molecule has 0 aromatic heterocycles. The lowest BCUT2D eigenvalue weighted by Crippen LogP contribution is -2.16. The summed E-state index contributed by atoms with van der Waals surface area (Å²) < 4.78 is 5.28. The lowest BCUT2D eigenvalue weighted by atomic mass is 10.0. The fraction of sp³-hybridized carbons (Fsp3) is 0.516. The van der Waals surface area contributed by atoms with Crippen molar-refractivity contribution in [2.45, 2.75) is 104 Å². The van der Waals surface area contributed by atoms with Crippen LogP contribution in [-0.2, 0) is 9.59 Å². The van der Waals surface area contributed by atoms with Gasteiger partial charge in [0.2, 0.25) is 5.91 Å². The Balaban J connectivity index is 1.81. The molecule has 0 aliphatic rings. The highest BCUT2D eigenvalue weighted by atomic mass is 35.5. The van der Waals surface area contributed by atoms with Crippen LogP contribution in [0.1, 0.15) is 114 Å². The first kappa shape index (κ1) is 32.6. The zero-order chi connectivity index (χ0) is 28.5. The summed E-state index contributed by atoms with van der Waals surface area (Å²) in [7, 11) is 0. The van der Waals surface area contributed by atoms with Crippen LogP contribution in [0.4, 0.5) is 11.4 Å². The molecule has 0 radical (unpaired) electrons. The standard InChI is InChI=1S/C31H42Cl2N2O4/c1-3-4-5-6-7-8-9-10-11-12-13-14-18-21-27(37)35-29-25(32)22-26(30(28(29)33)39-23(2)36)34-31(38)24-19-16-15-17-20-24/h15-17,19-20,22H,3-14,18,21H2,1-2H3,(H,34,38)(H,35,37). The molecule has 214 valence electrons. The fourth-order valence-electron chi connectivity index (χ4n) is 4.34. The van der Waals surface area contributed by atoms with Gasteiger partial charge in [0.05, 0.1) is 16.4 Å². The van der Waals surface area contributed by atoms with Gasteiger partial charge in [0.15, 0.2) is 5.75 Å². The Bertz CT molecular complexity index is 1060. The smallest absolute Gasteiger partial charge is 0.308 e. The van der Waals surface area contributed by atoms with E-state index in [0.29, 0.717) is 12.0 Å². The number of hydrogen-bond donors (Lipinski definition) is 2. The zero-order valence-electron chi connectivity index (χ0n) is 23.3. The second-order valence-corrected chi connectivity index (χ2v) is 10.7. The first-order valence-electron chi connectivity index (χ1n) is 14.2. The number of rotatable bonds is 18. The Morgan fingerprint density at radius 1 is 0.769 bits per heavy atom. The van der Waals surface area contributed by atoms with Gasteiger partial charge in [-0.2, -0.15) is 0 Å². The molecule has 0 bridgehead atoms. The molecule has 0 aliphatic heterocycles. The Labute approximate surface area is 243 Å². The number of esters is 1. The Morgan fingerprint density at radius 3 is 1.85 bits per heavy atom. The van der Waals surface area contributed by atoms with E-state index in [2.05, 4.69) is 17.6 Å². The van der Waals surface area contributed by atoms with Crippen molar-refractivity contribution >= 4 is 52.4 Å². The molecule has 8 heteroatoms. The third kappa shape index (κ3) is 12.4. The van der Waals surface area contributed by atoms with Gasteiger partial charge in [-0.05, 0) is 24.6 Å². The molecule has 39 heavy (non-hydrogen) atoms. The van der Waals surface area contributed by atoms with E-state index in [4.69, 9.17) is 27.9 Å². The maximum Gasteiger partial charge on any atom is 0.308 e. The third-order valence-electron chi connectivity index (χ3n) is 6.48. The van der Waals surface area contributed by atoms with Gasteiger partial charge in [-0.3, -0.25) is 14.4 Å². The van der Waals surface area contributed by atoms with E-state index in [9.17, 15) is 14.4 Å². The van der Waals surface area contributed by atoms with E-state index >= 15 is 0 Å². The lowest BCUT2D eigenvalue weighted by molar-refractivity contribution is -0.131. The van der Waals surface area contributed by atoms with E-state index in [0.717, 1.165) is 19.3 Å². The first-order chi connectivity index (χ1) is 18.8. The number of carbonyl (C=O) groups excluding carboxylic acids is 3. The van der Waals surface area contributed by atoms with Crippen LogP contribution in [0.2, 0.25) is 10.0 Å². The average molecular weight is 578 g/mol. The van der Waals surface area contributed by atoms with Crippen LogP contribution in [0.3, 0.4) is 0 Å². The zero-order valence-corrected chi connectivity index (χ0v) is 24.8. The fourth-order valence-corrected chi connectivity index (χ4v) is 4.93. The van der Waals surface area contributed by atoms with E-state index in [-0.39, 0.29) is 33.1 Å². The number of hydrogen-bond acceptors (Lipinski definition) is 4. The van der Waals surface area contributed by atoms with Gasteiger partial charge in [-0.1, -0.05) is 125 Å². The maximum absolute atomic E-state index is 12.6. The van der Waals surface area contributed by atoms with Crippen molar-refractivity contribution in [3.63, 3.8) is 0 Å². The molecule has 0 saturated heterocycles. The van der Waals surface area contributed by atoms with Gasteiger partial charge in [0, 0.05) is 18.9 Å². The summed E-state index contributed by atoms with van der Waals surface area (Å²) in [6.07, 6.45) is 16.3. The first-order valence-corrected chi connectivity index (χ1v) is 15.0. The number of halogens is 2. The van der Waals surface area contributed by atoms with E-state index < -0.39 is 11.9 Å². The van der Waals surface area contributed by atoms with Crippen molar-refractivity contribution in [2.24, 2.45) is 0 Å². The normalized spacial score (nSPS) is 10.8. The number of carbonyl (C=O) groups is 3. The van der Waals surface area contributed by atoms with Crippen LogP contribution in [0, 0.1) is 0 Å². The minimum atomic E-state index is -0.626. The molecule has 2 amide bonds. The van der Waals surface area contributed by atoms with Crippen LogP contribution in [0.25, 0.3) is 0 Å². The van der Waals surface area contributed by atoms with Crippen molar-refractivity contribution in [3.8, 4) is 5.75 Å². The summed E-state index contributed by atoms with van der Waals surface area (Å²) in [5, 5.41) is 5.48. The maximum atomic E-state index is 12.6. The monoisotopic (exact) mass is 576 g/mol. The van der Waals surface area contributed by atoms with Crippen LogP contribution in [-0.4, -0.2) is 17.8 Å². The number of ether oxygens (including phenoxy) is 1. The highest BCUT2D eigenvalue weighted by molar-refractivity contribution is 6.41. The number of anilines is 2. The Morgan fingerprint density at radius 2 is 1.31 bits per heavy atom. The quantitative estimate of drug-likeness (QED) is 0.105. The summed E-state index contributed by atoms with van der Waals surface area (Å²) in [5.41, 5.74) is 0.684. The molecule has 0 spiro atoms. The predicted molar refractivity (Wildman–Crippen MR) is 161 cm³/mol. The second-order valence-electron chi connectivity index (χ2n) is 9.88. The molecule has 0 heterocycles. The van der Waals surface area contributed by atoms with E-state index in [1.807, 2.05) is 0 Å². The highest BCUT2D eigenvalue weighted by Crippen LogP contribution is 2.44. The van der Waals surface area contributed by atoms with Crippen LogP contribution < -0.4 is 15.4 Å². The van der Waals surface area contributed by atoms with Gasteiger partial charge in [0.1, 0.15) is 5.02 Å². The Kier molecular flexibility index (Phi) is 15.6. The molecular weight excluding hydrogens is 535 g/mol. The molecule has 0 aliphatic carbocycles. The SMILES string of the molecule is CCCCCCCCCCCCCCCC(=O)Nc1c(Cl)cc(NC(=O)c2ccccc2)c(OC(C)=O)c1Cl. The summed E-state index contributed by atoms with van der Waals surface area (Å²) in [6.45, 7) is 3.47. The second kappa shape index (κ2) is 18.7. The van der Waals surface area contributed by atoms with Crippen molar-refractivity contribution in [3.05, 3.63) is 52.0 Å². The van der Waals surface area contributed by atoms with Crippen LogP contribution >= 0.6 is 23.2 Å². The summed E-state index contributed by atoms with van der Waals surface area (Å²) in [5.74, 6) is -1.35.